The molecule has 0 unspecified atom stereocenters. The van der Waals surface area contributed by atoms with Gasteiger partial charge < -0.3 is 9.88 Å². The maximum absolute atomic E-state index is 12.3. The third-order valence-electron chi connectivity index (χ3n) is 4.05. The van der Waals surface area contributed by atoms with Crippen LogP contribution in [-0.2, 0) is 22.8 Å². The van der Waals surface area contributed by atoms with Gasteiger partial charge in [-0.2, -0.15) is 0 Å². The van der Waals surface area contributed by atoms with Gasteiger partial charge in [0.1, 0.15) is 5.82 Å². The number of carbonyl (C=O) groups is 1. The van der Waals surface area contributed by atoms with Crippen LogP contribution in [0.2, 0.25) is 15.1 Å². The topological polar surface area (TPSA) is 59.8 Å². The summed E-state index contributed by atoms with van der Waals surface area (Å²) in [6.45, 7) is 4.38. The number of amides is 1. The van der Waals surface area contributed by atoms with Gasteiger partial charge in [-0.15, -0.1) is 28.5 Å². The first-order valence-electron chi connectivity index (χ1n) is 9.19. The van der Waals surface area contributed by atoms with E-state index in [4.69, 9.17) is 34.8 Å². The summed E-state index contributed by atoms with van der Waals surface area (Å²) in [4.78, 5) is 12.3. The van der Waals surface area contributed by atoms with Crippen molar-refractivity contribution in [1.82, 2.24) is 14.8 Å². The van der Waals surface area contributed by atoms with E-state index in [9.17, 15) is 4.79 Å². The van der Waals surface area contributed by atoms with Gasteiger partial charge in [0.2, 0.25) is 5.91 Å². The summed E-state index contributed by atoms with van der Waals surface area (Å²) >= 11 is 20.9. The Morgan fingerprint density at radius 3 is 2.55 bits per heavy atom. The zero-order valence-electron chi connectivity index (χ0n) is 16.4. The van der Waals surface area contributed by atoms with Gasteiger partial charge in [0.05, 0.1) is 21.6 Å². The molecule has 0 saturated heterocycles. The van der Waals surface area contributed by atoms with E-state index >= 15 is 0 Å². The van der Waals surface area contributed by atoms with Gasteiger partial charge in [-0.25, -0.2) is 0 Å². The average molecular weight is 514 g/mol. The molecule has 1 amide bonds. The fourth-order valence-electron chi connectivity index (χ4n) is 2.59. The van der Waals surface area contributed by atoms with Gasteiger partial charge in [-0.3, -0.25) is 4.79 Å². The number of benzene rings is 2. The third-order valence-corrected chi connectivity index (χ3v) is 7.01. The molecule has 0 radical (unpaired) electrons. The Bertz CT molecular complexity index is 1060. The lowest BCUT2D eigenvalue weighted by Crippen LogP contribution is -2.14. The number of allylic oxidation sites excluding steroid dienone is 1. The van der Waals surface area contributed by atoms with E-state index in [0.717, 1.165) is 16.6 Å². The minimum atomic E-state index is -0.171. The largest absolute Gasteiger partial charge is 0.325 e. The summed E-state index contributed by atoms with van der Waals surface area (Å²) in [5.41, 5.74) is 1.78. The van der Waals surface area contributed by atoms with Crippen LogP contribution >= 0.6 is 58.3 Å². The van der Waals surface area contributed by atoms with Gasteiger partial charge in [0.15, 0.2) is 5.16 Å². The number of nitrogens with zero attached hydrogens (tertiary/aromatic N) is 3. The molecule has 0 fully saturated rings. The Morgan fingerprint density at radius 2 is 1.84 bits per heavy atom. The first kappa shape index (κ1) is 24.0. The standard InChI is InChI=1S/C21H19Cl3N4OS2/c1-2-9-28-19(12-30-11-14-3-5-15(22)6-4-14)26-27-21(28)31-13-20(29)25-16-7-8-17(23)18(24)10-16/h2-8,10H,1,9,11-13H2,(H,25,29). The van der Waals surface area contributed by atoms with Gasteiger partial charge in [0.25, 0.3) is 0 Å². The lowest BCUT2D eigenvalue weighted by atomic mass is 10.2. The lowest BCUT2D eigenvalue weighted by Gasteiger charge is -2.09. The molecule has 5 nitrogen and oxygen atoms in total. The number of hydrogen-bond acceptors (Lipinski definition) is 5. The first-order valence-corrected chi connectivity index (χ1v) is 12.5. The molecule has 3 aromatic rings. The minimum absolute atomic E-state index is 0.171. The highest BCUT2D eigenvalue weighted by Crippen LogP contribution is 2.26. The zero-order valence-corrected chi connectivity index (χ0v) is 20.3. The molecule has 0 bridgehead atoms. The summed E-state index contributed by atoms with van der Waals surface area (Å²) in [6, 6.07) is 12.7. The molecule has 1 aromatic heterocycles. The van der Waals surface area contributed by atoms with Crippen LogP contribution in [0.25, 0.3) is 0 Å². The molecule has 2 aromatic carbocycles. The SMILES string of the molecule is C=CCn1c(CSCc2ccc(Cl)cc2)nnc1SCC(=O)Nc1ccc(Cl)c(Cl)c1. The minimum Gasteiger partial charge on any atom is -0.325 e. The quantitative estimate of drug-likeness (QED) is 0.245. The van der Waals surface area contributed by atoms with Crippen molar-refractivity contribution in [2.24, 2.45) is 0 Å². The maximum Gasteiger partial charge on any atom is 0.234 e. The van der Waals surface area contributed by atoms with Gasteiger partial charge in [0, 0.05) is 23.0 Å². The summed E-state index contributed by atoms with van der Waals surface area (Å²) < 4.78 is 1.97. The van der Waals surface area contributed by atoms with Gasteiger partial charge >= 0.3 is 0 Å². The predicted molar refractivity (Wildman–Crippen MR) is 132 cm³/mol. The van der Waals surface area contributed by atoms with Crippen molar-refractivity contribution in [3.8, 4) is 0 Å². The van der Waals surface area contributed by atoms with Crippen molar-refractivity contribution >= 4 is 69.9 Å². The van der Waals surface area contributed by atoms with Crippen LogP contribution in [0.1, 0.15) is 11.4 Å². The van der Waals surface area contributed by atoms with Gasteiger partial charge in [-0.1, -0.05) is 64.8 Å². The van der Waals surface area contributed by atoms with Crippen molar-refractivity contribution in [3.05, 3.63) is 81.6 Å². The molecule has 0 spiro atoms. The predicted octanol–water partition coefficient (Wildman–Crippen LogP) is 6.59. The summed E-state index contributed by atoms with van der Waals surface area (Å²) in [5.74, 6) is 2.39. The normalized spacial score (nSPS) is 10.8. The van der Waals surface area contributed by atoms with E-state index < -0.39 is 0 Å². The Kier molecular flexibility index (Phi) is 9.16. The highest BCUT2D eigenvalue weighted by Gasteiger charge is 2.14. The molecule has 0 aliphatic heterocycles. The number of aromatic nitrogens is 3. The molecular formula is C21H19Cl3N4OS2. The summed E-state index contributed by atoms with van der Waals surface area (Å²) in [5, 5.41) is 13.6. The molecule has 1 N–H and O–H groups in total. The van der Waals surface area contributed by atoms with Crippen LogP contribution in [-0.4, -0.2) is 26.4 Å². The van der Waals surface area contributed by atoms with Gasteiger partial charge in [-0.05, 0) is 35.9 Å². The summed E-state index contributed by atoms with van der Waals surface area (Å²) in [7, 11) is 0. The molecule has 1 heterocycles. The molecule has 162 valence electrons. The van der Waals surface area contributed by atoms with Crippen molar-refractivity contribution < 1.29 is 4.79 Å². The second kappa shape index (κ2) is 11.8. The summed E-state index contributed by atoms with van der Waals surface area (Å²) in [6.07, 6.45) is 1.79. The van der Waals surface area contributed by atoms with E-state index in [2.05, 4.69) is 22.1 Å². The highest BCUT2D eigenvalue weighted by atomic mass is 35.5. The fourth-order valence-corrected chi connectivity index (χ4v) is 4.70. The number of carbonyl (C=O) groups excluding carboxylic acids is 1. The average Bonchev–Trinajstić information content (AvgIpc) is 3.13. The van der Waals surface area contributed by atoms with Crippen LogP contribution < -0.4 is 5.32 Å². The Hall–Kier alpha value is -1.64. The first-order chi connectivity index (χ1) is 15.0. The number of rotatable bonds is 10. The second-order valence-corrected chi connectivity index (χ2v) is 9.56. The number of anilines is 1. The number of nitrogens with one attached hydrogen (secondary N) is 1. The molecule has 0 aliphatic carbocycles. The highest BCUT2D eigenvalue weighted by molar-refractivity contribution is 7.99. The fraction of sp³-hybridized carbons (Fsp3) is 0.190. The van der Waals surface area contributed by atoms with Crippen molar-refractivity contribution in [3.63, 3.8) is 0 Å². The second-order valence-electron chi connectivity index (χ2n) is 6.38. The van der Waals surface area contributed by atoms with E-state index in [-0.39, 0.29) is 11.7 Å². The van der Waals surface area contributed by atoms with Crippen molar-refractivity contribution in [1.29, 1.82) is 0 Å². The zero-order chi connectivity index (χ0) is 22.2. The van der Waals surface area contributed by atoms with E-state index in [1.54, 1.807) is 36.0 Å². The Balaban J connectivity index is 1.56. The molecular weight excluding hydrogens is 495 g/mol. The van der Waals surface area contributed by atoms with Crippen LogP contribution in [0, 0.1) is 0 Å². The van der Waals surface area contributed by atoms with E-state index in [1.807, 2.05) is 28.8 Å². The molecule has 0 atom stereocenters. The number of hydrogen-bond donors (Lipinski definition) is 1. The molecule has 10 heteroatoms. The number of halogens is 3. The Morgan fingerprint density at radius 1 is 1.06 bits per heavy atom. The van der Waals surface area contributed by atoms with Crippen molar-refractivity contribution in [2.75, 3.05) is 11.1 Å². The Labute approximate surface area is 204 Å². The smallest absolute Gasteiger partial charge is 0.234 e. The van der Waals surface area contributed by atoms with Crippen LogP contribution in [0.3, 0.4) is 0 Å². The van der Waals surface area contributed by atoms with Crippen molar-refractivity contribution in [2.45, 2.75) is 23.2 Å². The van der Waals surface area contributed by atoms with Crippen LogP contribution in [0.5, 0.6) is 0 Å². The lowest BCUT2D eigenvalue weighted by molar-refractivity contribution is -0.113. The monoisotopic (exact) mass is 512 g/mol. The van der Waals surface area contributed by atoms with Crippen LogP contribution in [0.15, 0.2) is 60.3 Å². The maximum atomic E-state index is 12.3. The molecule has 0 saturated carbocycles. The molecule has 0 aliphatic rings. The third kappa shape index (κ3) is 7.19. The van der Waals surface area contributed by atoms with E-state index in [0.29, 0.717) is 33.2 Å². The van der Waals surface area contributed by atoms with Crippen LogP contribution in [0.4, 0.5) is 5.69 Å². The van der Waals surface area contributed by atoms with E-state index in [1.165, 1.54) is 17.3 Å². The molecule has 31 heavy (non-hydrogen) atoms. The molecule has 3 rings (SSSR count). The number of thioether (sulfide) groups is 2.